The Morgan fingerprint density at radius 1 is 0.545 bits per heavy atom. The molecule has 4 aliphatic rings. The molecule has 4 heteroatoms. The molecular formula is C40H44O4. The number of fused-ring (bicyclic) bond motifs is 6. The van der Waals surface area contributed by atoms with E-state index in [4.69, 9.17) is 9.47 Å². The summed E-state index contributed by atoms with van der Waals surface area (Å²) in [4.78, 5) is 0. The van der Waals surface area contributed by atoms with E-state index in [2.05, 4.69) is 97.1 Å². The Balaban J connectivity index is 0.000000142. The van der Waals surface area contributed by atoms with E-state index >= 15 is 0 Å². The average molecular weight is 589 g/mol. The van der Waals surface area contributed by atoms with Crippen LogP contribution in [0.3, 0.4) is 0 Å². The third kappa shape index (κ3) is 4.74. The van der Waals surface area contributed by atoms with Crippen LogP contribution in [-0.4, -0.2) is 36.6 Å². The lowest BCUT2D eigenvalue weighted by molar-refractivity contribution is 0.0711. The van der Waals surface area contributed by atoms with E-state index in [1.165, 1.54) is 33.4 Å². The number of hydrogen-bond donors (Lipinski definition) is 2. The second-order valence-corrected chi connectivity index (χ2v) is 13.4. The Hall–Kier alpha value is -3.60. The topological polar surface area (TPSA) is 58.9 Å². The third-order valence-electron chi connectivity index (χ3n) is 11.3. The highest BCUT2D eigenvalue weighted by molar-refractivity contribution is 5.53. The van der Waals surface area contributed by atoms with Gasteiger partial charge in [-0.3, -0.25) is 0 Å². The Bertz CT molecular complexity index is 1480. The highest BCUT2D eigenvalue weighted by Crippen LogP contribution is 2.57. The predicted molar refractivity (Wildman–Crippen MR) is 175 cm³/mol. The number of rotatable bonds is 4. The first-order valence-electron chi connectivity index (χ1n) is 16.3. The maximum atomic E-state index is 10.4. The van der Waals surface area contributed by atoms with Crippen molar-refractivity contribution in [3.8, 4) is 11.5 Å². The third-order valence-corrected chi connectivity index (χ3v) is 11.3. The lowest BCUT2D eigenvalue weighted by Crippen LogP contribution is -2.41. The summed E-state index contributed by atoms with van der Waals surface area (Å²) in [5.74, 6) is 3.03. The Kier molecular flexibility index (Phi) is 7.76. The molecule has 0 bridgehead atoms. The number of aliphatic hydroxyl groups is 2. The molecule has 0 spiro atoms. The minimum atomic E-state index is -0.204. The number of methoxy groups -OCH3 is 2. The number of ether oxygens (including phenoxy) is 2. The molecule has 4 nitrogen and oxygen atoms in total. The molecule has 4 aromatic carbocycles. The van der Waals surface area contributed by atoms with Gasteiger partial charge < -0.3 is 19.7 Å². The number of hydrogen-bond acceptors (Lipinski definition) is 4. The second-order valence-electron chi connectivity index (χ2n) is 13.4. The van der Waals surface area contributed by atoms with Crippen molar-refractivity contribution in [2.24, 2.45) is 11.8 Å². The van der Waals surface area contributed by atoms with Gasteiger partial charge in [-0.1, -0.05) is 72.8 Å². The molecular weight excluding hydrogens is 544 g/mol. The molecule has 0 unspecified atom stereocenters. The van der Waals surface area contributed by atoms with Crippen molar-refractivity contribution in [3.63, 3.8) is 0 Å². The van der Waals surface area contributed by atoms with Crippen molar-refractivity contribution >= 4 is 0 Å². The number of benzene rings is 4. The quantitative estimate of drug-likeness (QED) is 0.261. The van der Waals surface area contributed by atoms with E-state index in [1.807, 2.05) is 0 Å². The maximum Gasteiger partial charge on any atom is 0.119 e. The summed E-state index contributed by atoms with van der Waals surface area (Å²) in [5, 5.41) is 20.8. The zero-order valence-electron chi connectivity index (χ0n) is 25.9. The van der Waals surface area contributed by atoms with Crippen LogP contribution in [0.4, 0.5) is 0 Å². The molecule has 44 heavy (non-hydrogen) atoms. The summed E-state index contributed by atoms with van der Waals surface area (Å²) >= 11 is 0. The van der Waals surface area contributed by atoms with Gasteiger partial charge in [0.15, 0.2) is 0 Å². The van der Waals surface area contributed by atoms with Crippen LogP contribution in [0.5, 0.6) is 11.5 Å². The lowest BCUT2D eigenvalue weighted by Gasteiger charge is -2.43. The molecule has 6 atom stereocenters. The SMILES string of the molecule is COc1ccc2c(c1)C[C@@H]1CC[C@H](O)C[C@]21c1ccccc1.COc1ccc2c(c1)C[C@@H]1CC[C@H](O)C[C@]21c1ccccc1. The van der Waals surface area contributed by atoms with Gasteiger partial charge in [-0.2, -0.15) is 0 Å². The Morgan fingerprint density at radius 3 is 1.34 bits per heavy atom. The molecule has 4 aromatic rings. The minimum absolute atomic E-state index is 0.0273. The van der Waals surface area contributed by atoms with Gasteiger partial charge in [0, 0.05) is 10.8 Å². The largest absolute Gasteiger partial charge is 0.497 e. The lowest BCUT2D eigenvalue weighted by atomic mass is 9.61. The molecule has 2 saturated carbocycles. The second kappa shape index (κ2) is 11.7. The van der Waals surface area contributed by atoms with Crippen LogP contribution in [0, 0.1) is 11.8 Å². The molecule has 0 aliphatic heterocycles. The number of aliphatic hydroxyl groups excluding tert-OH is 2. The predicted octanol–water partition coefficient (Wildman–Crippen LogP) is 7.40. The van der Waals surface area contributed by atoms with Crippen LogP contribution < -0.4 is 9.47 Å². The van der Waals surface area contributed by atoms with Crippen LogP contribution in [0.2, 0.25) is 0 Å². The van der Waals surface area contributed by atoms with Gasteiger partial charge >= 0.3 is 0 Å². The molecule has 2 N–H and O–H groups in total. The van der Waals surface area contributed by atoms with Crippen molar-refractivity contribution in [1.29, 1.82) is 0 Å². The van der Waals surface area contributed by atoms with Crippen LogP contribution in [0.25, 0.3) is 0 Å². The highest BCUT2D eigenvalue weighted by Gasteiger charge is 2.52. The van der Waals surface area contributed by atoms with Crippen molar-refractivity contribution in [1.82, 2.24) is 0 Å². The van der Waals surface area contributed by atoms with Crippen LogP contribution in [0.1, 0.15) is 71.9 Å². The average Bonchev–Trinajstić information content (AvgIpc) is 3.58. The molecule has 8 rings (SSSR count). The standard InChI is InChI=1S/2C20H22O2/c2*1-22-18-9-10-19-14(12-18)11-16-7-8-17(21)13-20(16,19)15-5-3-2-4-6-15/h2*2-6,9-10,12,16-17,21H,7-8,11,13H2,1H3/t2*16-,17-,20+/m00/s1. The normalized spacial score (nSPS) is 29.7. The van der Waals surface area contributed by atoms with E-state index in [1.54, 1.807) is 14.2 Å². The van der Waals surface area contributed by atoms with E-state index in [9.17, 15) is 10.2 Å². The van der Waals surface area contributed by atoms with E-state index < -0.39 is 0 Å². The maximum absolute atomic E-state index is 10.4. The van der Waals surface area contributed by atoms with Gasteiger partial charge in [0.05, 0.1) is 26.4 Å². The van der Waals surface area contributed by atoms with Crippen LogP contribution in [0.15, 0.2) is 97.1 Å². The summed E-state index contributed by atoms with van der Waals surface area (Å²) in [6, 6.07) is 34.4. The van der Waals surface area contributed by atoms with Gasteiger partial charge in [-0.15, -0.1) is 0 Å². The molecule has 0 aromatic heterocycles. The Labute approximate surface area is 261 Å². The summed E-state index contributed by atoms with van der Waals surface area (Å²) in [6.07, 6.45) is 7.47. The smallest absolute Gasteiger partial charge is 0.119 e. The van der Waals surface area contributed by atoms with E-state index in [0.717, 1.165) is 62.9 Å². The van der Waals surface area contributed by atoms with E-state index in [-0.39, 0.29) is 23.0 Å². The fourth-order valence-electron chi connectivity index (χ4n) is 9.40. The van der Waals surface area contributed by atoms with Crippen LogP contribution >= 0.6 is 0 Å². The van der Waals surface area contributed by atoms with Crippen molar-refractivity contribution < 1.29 is 19.7 Å². The molecule has 4 aliphatic carbocycles. The minimum Gasteiger partial charge on any atom is -0.497 e. The molecule has 0 amide bonds. The first-order valence-corrected chi connectivity index (χ1v) is 16.3. The summed E-state index contributed by atoms with van der Waals surface area (Å²) in [5.41, 5.74) is 8.21. The molecule has 2 fully saturated rings. The summed E-state index contributed by atoms with van der Waals surface area (Å²) < 4.78 is 10.8. The molecule has 228 valence electrons. The summed E-state index contributed by atoms with van der Waals surface area (Å²) in [6.45, 7) is 0. The van der Waals surface area contributed by atoms with E-state index in [0.29, 0.717) is 11.8 Å². The van der Waals surface area contributed by atoms with Crippen molar-refractivity contribution in [2.75, 3.05) is 14.2 Å². The van der Waals surface area contributed by atoms with Crippen molar-refractivity contribution in [2.45, 2.75) is 74.4 Å². The molecule has 0 radical (unpaired) electrons. The van der Waals surface area contributed by atoms with Crippen molar-refractivity contribution in [3.05, 3.63) is 130 Å². The van der Waals surface area contributed by atoms with Gasteiger partial charge in [0.1, 0.15) is 11.5 Å². The first kappa shape index (κ1) is 29.1. The zero-order chi connectivity index (χ0) is 30.3. The Morgan fingerprint density at radius 2 is 0.955 bits per heavy atom. The van der Waals surface area contributed by atoms with Gasteiger partial charge in [0.2, 0.25) is 0 Å². The first-order chi connectivity index (χ1) is 21.5. The summed E-state index contributed by atoms with van der Waals surface area (Å²) in [7, 11) is 3.45. The molecule has 0 heterocycles. The fourth-order valence-corrected chi connectivity index (χ4v) is 9.40. The monoisotopic (exact) mass is 588 g/mol. The highest BCUT2D eigenvalue weighted by atomic mass is 16.5. The molecule has 0 saturated heterocycles. The van der Waals surface area contributed by atoms with Gasteiger partial charge in [0.25, 0.3) is 0 Å². The van der Waals surface area contributed by atoms with Gasteiger partial charge in [-0.25, -0.2) is 0 Å². The zero-order valence-corrected chi connectivity index (χ0v) is 25.9. The van der Waals surface area contributed by atoms with Crippen LogP contribution in [-0.2, 0) is 23.7 Å². The van der Waals surface area contributed by atoms with Gasteiger partial charge in [-0.05, 0) is 121 Å². The fraction of sp³-hybridized carbons (Fsp3) is 0.400.